The van der Waals surface area contributed by atoms with E-state index < -0.39 is 12.1 Å². The summed E-state index contributed by atoms with van der Waals surface area (Å²) in [4.78, 5) is 26.1. The molecule has 1 aliphatic heterocycles. The molecular formula is C21H26N4O2. The normalized spacial score (nSPS) is 20.3. The summed E-state index contributed by atoms with van der Waals surface area (Å²) in [6, 6.07) is 16.5. The maximum atomic E-state index is 12.9. The third-order valence-electron chi connectivity index (χ3n) is 5.09. The molecule has 1 heterocycles. The zero-order valence-corrected chi connectivity index (χ0v) is 15.5. The summed E-state index contributed by atoms with van der Waals surface area (Å²) in [5.74, 6) is 0.0841. The fourth-order valence-corrected chi connectivity index (χ4v) is 3.70. The summed E-state index contributed by atoms with van der Waals surface area (Å²) in [6.07, 6.45) is 0.153. The molecule has 142 valence electrons. The highest BCUT2D eigenvalue weighted by molar-refractivity contribution is 5.79. The van der Waals surface area contributed by atoms with Crippen LogP contribution in [0.5, 0.6) is 0 Å². The van der Waals surface area contributed by atoms with Crippen molar-refractivity contribution in [3.8, 4) is 0 Å². The number of hydrogen-bond acceptors (Lipinski definition) is 3. The Morgan fingerprint density at radius 3 is 2.56 bits per heavy atom. The van der Waals surface area contributed by atoms with Crippen LogP contribution in [0.4, 0.5) is 4.79 Å². The van der Waals surface area contributed by atoms with Gasteiger partial charge in [0.15, 0.2) is 0 Å². The summed E-state index contributed by atoms with van der Waals surface area (Å²) >= 11 is 0. The summed E-state index contributed by atoms with van der Waals surface area (Å²) in [6.45, 7) is 3.06. The molecule has 0 spiro atoms. The SMILES string of the molecule is Cc1cccc(C(CC(=O)N2C[C@@H](N)[C@H](c3ccccc3)C2)NC(N)=O)c1. The number of likely N-dealkylation sites (tertiary alicyclic amines) is 1. The molecule has 27 heavy (non-hydrogen) atoms. The van der Waals surface area contributed by atoms with E-state index in [-0.39, 0.29) is 24.3 Å². The van der Waals surface area contributed by atoms with Gasteiger partial charge in [-0.25, -0.2) is 4.79 Å². The molecule has 0 bridgehead atoms. The van der Waals surface area contributed by atoms with E-state index in [1.54, 1.807) is 4.90 Å². The second kappa shape index (κ2) is 8.22. The predicted molar refractivity (Wildman–Crippen MR) is 105 cm³/mol. The summed E-state index contributed by atoms with van der Waals surface area (Å²) in [5, 5.41) is 2.69. The van der Waals surface area contributed by atoms with Gasteiger partial charge in [0.1, 0.15) is 0 Å². The number of carbonyl (C=O) groups is 2. The van der Waals surface area contributed by atoms with Crippen LogP contribution < -0.4 is 16.8 Å². The first-order valence-electron chi connectivity index (χ1n) is 9.15. The van der Waals surface area contributed by atoms with Crippen LogP contribution in [0, 0.1) is 6.92 Å². The van der Waals surface area contributed by atoms with Crippen LogP contribution in [0.2, 0.25) is 0 Å². The Labute approximate surface area is 159 Å². The van der Waals surface area contributed by atoms with E-state index in [0.717, 1.165) is 16.7 Å². The molecule has 1 fully saturated rings. The molecule has 0 aromatic heterocycles. The zero-order chi connectivity index (χ0) is 19.4. The van der Waals surface area contributed by atoms with Crippen molar-refractivity contribution < 1.29 is 9.59 Å². The van der Waals surface area contributed by atoms with Gasteiger partial charge in [0.05, 0.1) is 12.5 Å². The molecule has 6 nitrogen and oxygen atoms in total. The van der Waals surface area contributed by atoms with Crippen molar-refractivity contribution in [1.29, 1.82) is 0 Å². The number of nitrogens with one attached hydrogen (secondary N) is 1. The van der Waals surface area contributed by atoms with E-state index in [1.807, 2.05) is 61.5 Å². The van der Waals surface area contributed by atoms with E-state index in [1.165, 1.54) is 0 Å². The zero-order valence-electron chi connectivity index (χ0n) is 15.5. The number of urea groups is 1. The van der Waals surface area contributed by atoms with Gasteiger partial charge in [-0.3, -0.25) is 4.79 Å². The molecule has 1 aliphatic rings. The largest absolute Gasteiger partial charge is 0.352 e. The van der Waals surface area contributed by atoms with Gasteiger partial charge in [-0.05, 0) is 18.1 Å². The Morgan fingerprint density at radius 1 is 1.15 bits per heavy atom. The number of benzene rings is 2. The number of nitrogens with two attached hydrogens (primary N) is 2. The predicted octanol–water partition coefficient (Wildman–Crippen LogP) is 2.05. The van der Waals surface area contributed by atoms with Crippen LogP contribution in [0.1, 0.15) is 35.1 Å². The fraction of sp³-hybridized carbons (Fsp3) is 0.333. The number of nitrogens with zero attached hydrogens (tertiary/aromatic N) is 1. The molecule has 0 radical (unpaired) electrons. The molecule has 1 unspecified atom stereocenters. The average molecular weight is 366 g/mol. The van der Waals surface area contributed by atoms with Gasteiger partial charge < -0.3 is 21.7 Å². The van der Waals surface area contributed by atoms with E-state index in [9.17, 15) is 9.59 Å². The van der Waals surface area contributed by atoms with E-state index in [4.69, 9.17) is 11.5 Å². The Bertz CT molecular complexity index is 809. The van der Waals surface area contributed by atoms with Crippen molar-refractivity contribution >= 4 is 11.9 Å². The molecule has 2 aromatic rings. The van der Waals surface area contributed by atoms with Crippen molar-refractivity contribution in [2.75, 3.05) is 13.1 Å². The van der Waals surface area contributed by atoms with Gasteiger partial charge in [-0.2, -0.15) is 0 Å². The van der Waals surface area contributed by atoms with Crippen molar-refractivity contribution in [2.24, 2.45) is 11.5 Å². The smallest absolute Gasteiger partial charge is 0.312 e. The highest BCUT2D eigenvalue weighted by Crippen LogP contribution is 2.28. The van der Waals surface area contributed by atoms with Crippen LogP contribution in [0.15, 0.2) is 54.6 Å². The van der Waals surface area contributed by atoms with Gasteiger partial charge in [0.2, 0.25) is 5.91 Å². The van der Waals surface area contributed by atoms with Gasteiger partial charge in [0, 0.05) is 25.0 Å². The van der Waals surface area contributed by atoms with E-state index in [0.29, 0.717) is 13.1 Å². The minimum absolute atomic E-state index is 0.0378. The highest BCUT2D eigenvalue weighted by atomic mass is 16.2. The molecule has 3 rings (SSSR count). The highest BCUT2D eigenvalue weighted by Gasteiger charge is 2.34. The number of aryl methyl sites for hydroxylation is 1. The first-order valence-corrected chi connectivity index (χ1v) is 9.15. The van der Waals surface area contributed by atoms with Gasteiger partial charge in [-0.15, -0.1) is 0 Å². The maximum absolute atomic E-state index is 12.9. The molecule has 1 saturated heterocycles. The second-order valence-corrected chi connectivity index (χ2v) is 7.16. The Kier molecular flexibility index (Phi) is 5.76. The monoisotopic (exact) mass is 366 g/mol. The molecule has 6 heteroatoms. The lowest BCUT2D eigenvalue weighted by Gasteiger charge is -2.22. The lowest BCUT2D eigenvalue weighted by Crippen LogP contribution is -2.38. The Morgan fingerprint density at radius 2 is 1.89 bits per heavy atom. The number of primary amides is 1. The number of hydrogen-bond donors (Lipinski definition) is 3. The standard InChI is InChI=1S/C21H26N4O2/c1-14-6-5-9-16(10-14)19(24-21(23)27)11-20(26)25-12-17(18(22)13-25)15-7-3-2-4-8-15/h2-10,17-19H,11-13,22H2,1H3,(H3,23,24,27)/t17-,18+,19?/m0/s1. The van der Waals surface area contributed by atoms with Crippen molar-refractivity contribution in [1.82, 2.24) is 10.2 Å². The molecule has 5 N–H and O–H groups in total. The van der Waals surface area contributed by atoms with Crippen molar-refractivity contribution in [2.45, 2.75) is 31.3 Å². The summed E-state index contributed by atoms with van der Waals surface area (Å²) in [5.41, 5.74) is 14.7. The summed E-state index contributed by atoms with van der Waals surface area (Å²) < 4.78 is 0. The quantitative estimate of drug-likeness (QED) is 0.755. The number of carbonyl (C=O) groups excluding carboxylic acids is 2. The number of rotatable bonds is 5. The molecule has 3 amide bonds. The summed E-state index contributed by atoms with van der Waals surface area (Å²) in [7, 11) is 0. The molecule has 3 atom stereocenters. The van der Waals surface area contributed by atoms with Crippen LogP contribution in [-0.4, -0.2) is 36.0 Å². The van der Waals surface area contributed by atoms with E-state index >= 15 is 0 Å². The van der Waals surface area contributed by atoms with Gasteiger partial charge >= 0.3 is 6.03 Å². The van der Waals surface area contributed by atoms with Crippen LogP contribution in [0.3, 0.4) is 0 Å². The molecular weight excluding hydrogens is 340 g/mol. The lowest BCUT2D eigenvalue weighted by atomic mass is 9.95. The lowest BCUT2D eigenvalue weighted by molar-refractivity contribution is -0.130. The minimum Gasteiger partial charge on any atom is -0.352 e. The second-order valence-electron chi connectivity index (χ2n) is 7.16. The Hall–Kier alpha value is -2.86. The molecule has 0 saturated carbocycles. The maximum Gasteiger partial charge on any atom is 0.312 e. The third kappa shape index (κ3) is 4.65. The first kappa shape index (κ1) is 18.9. The molecule has 2 aromatic carbocycles. The third-order valence-corrected chi connectivity index (χ3v) is 5.09. The number of amides is 3. The topological polar surface area (TPSA) is 101 Å². The Balaban J connectivity index is 1.71. The van der Waals surface area contributed by atoms with E-state index in [2.05, 4.69) is 5.32 Å². The minimum atomic E-state index is -0.644. The molecule has 0 aliphatic carbocycles. The first-order chi connectivity index (χ1) is 12.9. The van der Waals surface area contributed by atoms with Crippen molar-refractivity contribution in [3.63, 3.8) is 0 Å². The van der Waals surface area contributed by atoms with Gasteiger partial charge in [-0.1, -0.05) is 60.2 Å². The van der Waals surface area contributed by atoms with Crippen LogP contribution in [0.25, 0.3) is 0 Å². The van der Waals surface area contributed by atoms with Crippen molar-refractivity contribution in [3.05, 3.63) is 71.3 Å². The fourth-order valence-electron chi connectivity index (χ4n) is 3.70. The average Bonchev–Trinajstić information content (AvgIpc) is 3.03. The van der Waals surface area contributed by atoms with Crippen LogP contribution >= 0.6 is 0 Å². The van der Waals surface area contributed by atoms with Gasteiger partial charge in [0.25, 0.3) is 0 Å². The van der Waals surface area contributed by atoms with Crippen LogP contribution in [-0.2, 0) is 4.79 Å².